The van der Waals surface area contributed by atoms with Gasteiger partial charge < -0.3 is 0 Å². The number of hydrogen-bond acceptors (Lipinski definition) is 2. The molecule has 0 bridgehead atoms. The standard InChI is InChI=1S/C18H17NO2/c1-13(19(14(2)20)15(3)21)16-9-11-18(12-10-16)17-7-5-4-6-8-17/h4-12H,1H2,2-3H3. The maximum absolute atomic E-state index is 11.5. The average Bonchev–Trinajstić information content (AvgIpc) is 2.47. The molecule has 2 rings (SSSR count). The number of benzene rings is 2. The van der Waals surface area contributed by atoms with Gasteiger partial charge in [0.15, 0.2) is 0 Å². The Morgan fingerprint density at radius 3 is 1.76 bits per heavy atom. The number of carbonyl (C=O) groups is 2. The first kappa shape index (κ1) is 14.7. The van der Waals surface area contributed by atoms with Crippen molar-refractivity contribution >= 4 is 17.5 Å². The summed E-state index contributed by atoms with van der Waals surface area (Å²) < 4.78 is 0. The van der Waals surface area contributed by atoms with Crippen LogP contribution >= 0.6 is 0 Å². The van der Waals surface area contributed by atoms with Crippen LogP contribution < -0.4 is 0 Å². The van der Waals surface area contributed by atoms with Crippen molar-refractivity contribution in [2.45, 2.75) is 13.8 Å². The number of hydrogen-bond donors (Lipinski definition) is 0. The summed E-state index contributed by atoms with van der Waals surface area (Å²) in [5, 5.41) is 0. The van der Waals surface area contributed by atoms with Crippen LogP contribution in [0.4, 0.5) is 0 Å². The van der Waals surface area contributed by atoms with Crippen molar-refractivity contribution in [2.24, 2.45) is 0 Å². The van der Waals surface area contributed by atoms with Crippen LogP contribution in [-0.4, -0.2) is 16.7 Å². The highest BCUT2D eigenvalue weighted by Gasteiger charge is 2.18. The number of imide groups is 1. The molecule has 3 heteroatoms. The highest BCUT2D eigenvalue weighted by atomic mass is 16.2. The summed E-state index contributed by atoms with van der Waals surface area (Å²) in [6.45, 7) is 6.56. The van der Waals surface area contributed by atoms with E-state index in [1.165, 1.54) is 13.8 Å². The molecule has 2 aromatic carbocycles. The van der Waals surface area contributed by atoms with Crippen molar-refractivity contribution in [1.29, 1.82) is 0 Å². The minimum atomic E-state index is -0.334. The largest absolute Gasteiger partial charge is 0.274 e. The van der Waals surface area contributed by atoms with Crippen molar-refractivity contribution in [1.82, 2.24) is 4.90 Å². The number of rotatable bonds is 3. The first-order valence-electron chi connectivity index (χ1n) is 6.66. The van der Waals surface area contributed by atoms with E-state index in [0.717, 1.165) is 21.6 Å². The van der Waals surface area contributed by atoms with Crippen LogP contribution in [0.5, 0.6) is 0 Å². The quantitative estimate of drug-likeness (QED) is 0.858. The summed E-state index contributed by atoms with van der Waals surface area (Å²) >= 11 is 0. The predicted octanol–water partition coefficient (Wildman–Crippen LogP) is 3.72. The lowest BCUT2D eigenvalue weighted by Gasteiger charge is -2.20. The molecule has 0 unspecified atom stereocenters. The topological polar surface area (TPSA) is 37.4 Å². The summed E-state index contributed by atoms with van der Waals surface area (Å²) in [7, 11) is 0. The Morgan fingerprint density at radius 1 is 0.810 bits per heavy atom. The van der Waals surface area contributed by atoms with Crippen molar-refractivity contribution in [2.75, 3.05) is 0 Å². The van der Waals surface area contributed by atoms with Gasteiger partial charge in [-0.3, -0.25) is 14.5 Å². The fourth-order valence-electron chi connectivity index (χ4n) is 2.22. The zero-order valence-corrected chi connectivity index (χ0v) is 12.2. The van der Waals surface area contributed by atoms with Gasteiger partial charge in [-0.2, -0.15) is 0 Å². The highest BCUT2D eigenvalue weighted by Crippen LogP contribution is 2.23. The predicted molar refractivity (Wildman–Crippen MR) is 84.1 cm³/mol. The monoisotopic (exact) mass is 279 g/mol. The number of carbonyl (C=O) groups excluding carboxylic acids is 2. The zero-order chi connectivity index (χ0) is 15.4. The third-order valence-electron chi connectivity index (χ3n) is 3.22. The number of nitrogens with zero attached hydrogens (tertiary/aromatic N) is 1. The van der Waals surface area contributed by atoms with Gasteiger partial charge in [0.05, 0.1) is 5.70 Å². The molecule has 0 saturated heterocycles. The molecule has 21 heavy (non-hydrogen) atoms. The Bertz CT molecular complexity index is 658. The van der Waals surface area contributed by atoms with E-state index in [0.29, 0.717) is 5.70 Å². The summed E-state index contributed by atoms with van der Waals surface area (Å²) in [4.78, 5) is 24.1. The molecule has 0 aliphatic rings. The van der Waals surface area contributed by atoms with E-state index in [9.17, 15) is 9.59 Å². The molecular formula is C18H17NO2. The molecule has 106 valence electrons. The molecule has 0 aromatic heterocycles. The fourth-order valence-corrected chi connectivity index (χ4v) is 2.22. The fraction of sp³-hybridized carbons (Fsp3) is 0.111. The minimum absolute atomic E-state index is 0.334. The van der Waals surface area contributed by atoms with E-state index in [4.69, 9.17) is 0 Å². The molecule has 2 amide bonds. The van der Waals surface area contributed by atoms with E-state index in [1.807, 2.05) is 54.6 Å². The van der Waals surface area contributed by atoms with Crippen LogP contribution in [0, 0.1) is 0 Å². The first-order chi connectivity index (χ1) is 10.0. The lowest BCUT2D eigenvalue weighted by Crippen LogP contribution is -2.31. The Kier molecular flexibility index (Phi) is 4.33. The van der Waals surface area contributed by atoms with Crippen LogP contribution in [0.2, 0.25) is 0 Å². The molecule has 0 atom stereocenters. The molecule has 0 aliphatic heterocycles. The minimum Gasteiger partial charge on any atom is -0.274 e. The Morgan fingerprint density at radius 2 is 1.29 bits per heavy atom. The smallest absolute Gasteiger partial charge is 0.230 e. The Labute approximate surface area is 124 Å². The highest BCUT2D eigenvalue weighted by molar-refractivity contribution is 6.02. The molecule has 0 saturated carbocycles. The average molecular weight is 279 g/mol. The normalized spacial score (nSPS) is 10.0. The third-order valence-corrected chi connectivity index (χ3v) is 3.22. The van der Waals surface area contributed by atoms with Gasteiger partial charge in [-0.05, 0) is 16.7 Å². The molecule has 0 radical (unpaired) electrons. The van der Waals surface area contributed by atoms with Gasteiger partial charge in [0.2, 0.25) is 11.8 Å². The summed E-state index contributed by atoms with van der Waals surface area (Å²) in [5.74, 6) is -0.667. The molecule has 0 fully saturated rings. The van der Waals surface area contributed by atoms with Crippen LogP contribution in [0.1, 0.15) is 19.4 Å². The molecule has 2 aromatic rings. The summed E-state index contributed by atoms with van der Waals surface area (Å²) in [6, 6.07) is 17.6. The third kappa shape index (κ3) is 3.26. The van der Waals surface area contributed by atoms with Gasteiger partial charge >= 0.3 is 0 Å². The molecule has 0 aliphatic carbocycles. The zero-order valence-electron chi connectivity index (χ0n) is 12.2. The van der Waals surface area contributed by atoms with Gasteiger partial charge in [0, 0.05) is 13.8 Å². The van der Waals surface area contributed by atoms with Gasteiger partial charge in [-0.1, -0.05) is 61.2 Å². The maximum Gasteiger partial charge on any atom is 0.230 e. The Hall–Kier alpha value is -2.68. The van der Waals surface area contributed by atoms with Crippen molar-refractivity contribution in [3.63, 3.8) is 0 Å². The lowest BCUT2D eigenvalue weighted by atomic mass is 10.0. The van der Waals surface area contributed by atoms with Crippen molar-refractivity contribution in [3.05, 3.63) is 66.7 Å². The van der Waals surface area contributed by atoms with Gasteiger partial charge in [0.1, 0.15) is 0 Å². The van der Waals surface area contributed by atoms with Gasteiger partial charge in [-0.15, -0.1) is 0 Å². The molecule has 0 heterocycles. The van der Waals surface area contributed by atoms with Crippen LogP contribution in [0.3, 0.4) is 0 Å². The summed E-state index contributed by atoms with van der Waals surface area (Å²) in [6.07, 6.45) is 0. The second kappa shape index (κ2) is 6.18. The van der Waals surface area contributed by atoms with Crippen LogP contribution in [0.15, 0.2) is 61.2 Å². The first-order valence-corrected chi connectivity index (χ1v) is 6.66. The van der Waals surface area contributed by atoms with E-state index < -0.39 is 0 Å². The maximum atomic E-state index is 11.5. The second-order valence-corrected chi connectivity index (χ2v) is 4.76. The number of amides is 2. The molecule has 3 nitrogen and oxygen atoms in total. The SMILES string of the molecule is C=C(c1ccc(-c2ccccc2)cc1)N(C(C)=O)C(C)=O. The summed E-state index contributed by atoms with van der Waals surface area (Å²) in [5.41, 5.74) is 3.34. The molecule has 0 spiro atoms. The Balaban J connectivity index is 2.29. The van der Waals surface area contributed by atoms with E-state index in [1.54, 1.807) is 0 Å². The van der Waals surface area contributed by atoms with Crippen molar-refractivity contribution in [3.8, 4) is 11.1 Å². The van der Waals surface area contributed by atoms with E-state index in [-0.39, 0.29) is 11.8 Å². The second-order valence-electron chi connectivity index (χ2n) is 4.76. The van der Waals surface area contributed by atoms with E-state index >= 15 is 0 Å². The molecule has 0 N–H and O–H groups in total. The van der Waals surface area contributed by atoms with Gasteiger partial charge in [-0.25, -0.2) is 0 Å². The van der Waals surface area contributed by atoms with Gasteiger partial charge in [0.25, 0.3) is 0 Å². The van der Waals surface area contributed by atoms with E-state index in [2.05, 4.69) is 6.58 Å². The van der Waals surface area contributed by atoms with Crippen molar-refractivity contribution < 1.29 is 9.59 Å². The van der Waals surface area contributed by atoms with Crippen LogP contribution in [0.25, 0.3) is 16.8 Å². The molecular weight excluding hydrogens is 262 g/mol. The lowest BCUT2D eigenvalue weighted by molar-refractivity contribution is -0.137. The van der Waals surface area contributed by atoms with Crippen LogP contribution in [-0.2, 0) is 9.59 Å².